The molecule has 2 unspecified atom stereocenters. The van der Waals surface area contributed by atoms with E-state index in [2.05, 4.69) is 15.5 Å². The van der Waals surface area contributed by atoms with E-state index >= 15 is 0 Å². The topological polar surface area (TPSA) is 164 Å². The van der Waals surface area contributed by atoms with Gasteiger partial charge in [-0.3, -0.25) is 19.2 Å². The minimum absolute atomic E-state index is 0.0669. The lowest BCUT2D eigenvalue weighted by molar-refractivity contribution is -0.156. The molecular weight excluding hydrogens is 700 g/mol. The maximum absolute atomic E-state index is 13.4. The molecule has 248 valence electrons. The summed E-state index contributed by atoms with van der Waals surface area (Å²) in [5.41, 5.74) is 2.58. The van der Waals surface area contributed by atoms with Gasteiger partial charge in [0.1, 0.15) is 28.6 Å². The first kappa shape index (κ1) is 33.3. The van der Waals surface area contributed by atoms with Crippen LogP contribution in [0.15, 0.2) is 55.3 Å². The number of carboxylic acid groups (broad SMARTS) is 1. The molecular formula is C29H26F3N5O6S4. The number of nitrogen functional groups attached to an aromatic ring is 1. The Hall–Kier alpha value is -3.61. The van der Waals surface area contributed by atoms with Gasteiger partial charge in [0, 0.05) is 28.4 Å². The fourth-order valence-electron chi connectivity index (χ4n) is 5.54. The molecule has 3 atom stereocenters. The van der Waals surface area contributed by atoms with Crippen LogP contribution in [-0.4, -0.2) is 68.3 Å². The molecule has 0 radical (unpaired) electrons. The molecule has 4 heterocycles. The third-order valence-electron chi connectivity index (χ3n) is 8.00. The van der Waals surface area contributed by atoms with Crippen LogP contribution in [0.25, 0.3) is 10.1 Å². The van der Waals surface area contributed by atoms with Gasteiger partial charge in [0.15, 0.2) is 16.3 Å². The van der Waals surface area contributed by atoms with Gasteiger partial charge < -0.3 is 25.9 Å². The summed E-state index contributed by atoms with van der Waals surface area (Å²) in [5, 5.41) is 19.3. The number of rotatable bonds is 9. The zero-order chi connectivity index (χ0) is 33.5. The Morgan fingerprint density at radius 2 is 2.02 bits per heavy atom. The van der Waals surface area contributed by atoms with E-state index in [0.717, 1.165) is 72.3 Å². The highest BCUT2D eigenvalue weighted by atomic mass is 32.2. The Labute approximate surface area is 281 Å². The van der Waals surface area contributed by atoms with Crippen molar-refractivity contribution in [2.24, 2.45) is 10.6 Å². The number of carbonyl (C=O) groups excluding carboxylic acids is 2. The number of aromatic nitrogens is 1. The highest BCUT2D eigenvalue weighted by molar-refractivity contribution is 8.04. The van der Waals surface area contributed by atoms with Crippen LogP contribution in [0, 0.1) is 5.41 Å². The standard InChI is InChI=1S/C29H26F3N5O6S4/c30-29(31,32)15-6-3-7-18-20(15)17(38)10-19(47-18)44-9-8-28(26(41)42)12-37-24(40)22(25(37)46-13-28)35-23(39)21(16-11-45-27(33)34-16)36-43-14-4-1-2-5-14/h3,6-11,14,22,25H,1-2,4-5,12-13H2,(H2,33,34)(H,35,39)(H,41,42)/t22?,25-,28?/m1/s1. The molecule has 18 heteroatoms. The molecule has 1 aliphatic carbocycles. The van der Waals surface area contributed by atoms with Gasteiger partial charge in [0.25, 0.3) is 5.91 Å². The van der Waals surface area contributed by atoms with Gasteiger partial charge in [-0.2, -0.15) is 13.2 Å². The number of thiazole rings is 1. The van der Waals surface area contributed by atoms with Gasteiger partial charge >= 0.3 is 12.1 Å². The molecule has 0 bridgehead atoms. The lowest BCUT2D eigenvalue weighted by Gasteiger charge is -2.53. The zero-order valence-electron chi connectivity index (χ0n) is 24.2. The van der Waals surface area contributed by atoms with E-state index in [1.807, 2.05) is 0 Å². The number of carboxylic acids is 1. The summed E-state index contributed by atoms with van der Waals surface area (Å²) in [6.45, 7) is -0.167. The Morgan fingerprint density at radius 3 is 2.70 bits per heavy atom. The maximum Gasteiger partial charge on any atom is 0.417 e. The van der Waals surface area contributed by atoms with Crippen LogP contribution in [0.2, 0.25) is 0 Å². The number of benzene rings is 1. The Balaban J connectivity index is 1.14. The Morgan fingerprint density at radius 1 is 1.26 bits per heavy atom. The second kappa shape index (κ2) is 13.1. The molecule has 0 spiro atoms. The van der Waals surface area contributed by atoms with E-state index in [0.29, 0.717) is 4.21 Å². The Kier molecular flexibility index (Phi) is 9.30. The lowest BCUT2D eigenvalue weighted by atomic mass is 9.87. The number of carbonyl (C=O) groups is 3. The van der Waals surface area contributed by atoms with Crippen molar-refractivity contribution in [3.8, 4) is 0 Å². The van der Waals surface area contributed by atoms with Crippen molar-refractivity contribution in [3.63, 3.8) is 0 Å². The van der Waals surface area contributed by atoms with E-state index in [1.165, 1.54) is 40.3 Å². The van der Waals surface area contributed by atoms with Crippen molar-refractivity contribution in [2.45, 2.75) is 53.6 Å². The largest absolute Gasteiger partial charge is 0.481 e. The smallest absolute Gasteiger partial charge is 0.417 e. The molecule has 2 saturated heterocycles. The van der Waals surface area contributed by atoms with Crippen LogP contribution in [-0.2, 0) is 25.4 Å². The normalized spacial score (nSPS) is 23.6. The summed E-state index contributed by atoms with van der Waals surface area (Å²) in [4.78, 5) is 62.7. The lowest BCUT2D eigenvalue weighted by Crippen LogP contribution is -2.73. The molecule has 1 saturated carbocycles. The van der Waals surface area contributed by atoms with Crippen molar-refractivity contribution in [1.29, 1.82) is 0 Å². The number of alkyl halides is 3. The number of nitrogens with one attached hydrogen (secondary N) is 1. The van der Waals surface area contributed by atoms with Gasteiger partial charge in [0.2, 0.25) is 5.91 Å². The minimum Gasteiger partial charge on any atom is -0.481 e. The number of oxime groups is 1. The Bertz CT molecular complexity index is 1860. The fourth-order valence-corrected chi connectivity index (χ4v) is 9.71. The monoisotopic (exact) mass is 725 g/mol. The summed E-state index contributed by atoms with van der Waals surface area (Å²) < 4.78 is 40.8. The average molecular weight is 726 g/mol. The molecule has 3 aliphatic rings. The van der Waals surface area contributed by atoms with Crippen LogP contribution in [0.1, 0.15) is 36.9 Å². The summed E-state index contributed by atoms with van der Waals surface area (Å²) in [7, 11) is 0. The number of nitrogens with zero attached hydrogens (tertiary/aromatic N) is 3. The van der Waals surface area contributed by atoms with Crippen molar-refractivity contribution in [1.82, 2.24) is 15.2 Å². The van der Waals surface area contributed by atoms with Crippen molar-refractivity contribution in [2.75, 3.05) is 18.0 Å². The zero-order valence-corrected chi connectivity index (χ0v) is 27.5. The van der Waals surface area contributed by atoms with Crippen LogP contribution < -0.4 is 16.5 Å². The van der Waals surface area contributed by atoms with Crippen LogP contribution in [0.3, 0.4) is 0 Å². The van der Waals surface area contributed by atoms with Crippen LogP contribution in [0.5, 0.6) is 0 Å². The number of thioether (sulfide) groups is 2. The molecule has 1 aromatic carbocycles. The highest BCUT2D eigenvalue weighted by Gasteiger charge is 2.57. The molecule has 4 N–H and O–H groups in total. The summed E-state index contributed by atoms with van der Waals surface area (Å²) >= 11 is 4.30. The number of halogens is 3. The predicted octanol–water partition coefficient (Wildman–Crippen LogP) is 4.76. The molecule has 2 aromatic heterocycles. The maximum atomic E-state index is 13.4. The number of aliphatic carboxylic acids is 1. The molecule has 3 aromatic rings. The second-order valence-electron chi connectivity index (χ2n) is 11.1. The number of amides is 2. The quantitative estimate of drug-likeness (QED) is 0.121. The number of hydrogen-bond acceptors (Lipinski definition) is 12. The van der Waals surface area contributed by atoms with E-state index < -0.39 is 57.2 Å². The van der Waals surface area contributed by atoms with E-state index in [9.17, 15) is 37.5 Å². The van der Waals surface area contributed by atoms with Crippen LogP contribution in [0.4, 0.5) is 18.3 Å². The van der Waals surface area contributed by atoms with Crippen molar-refractivity contribution < 1.29 is 37.5 Å². The number of fused-ring (bicyclic) bond motifs is 2. The predicted molar refractivity (Wildman–Crippen MR) is 174 cm³/mol. The fraction of sp³-hybridized carbons (Fsp3) is 0.379. The molecule has 2 amide bonds. The number of β-lactam (4-membered cyclic amide) rings is 1. The minimum atomic E-state index is -4.68. The molecule has 6 rings (SSSR count). The van der Waals surface area contributed by atoms with Gasteiger partial charge in [-0.15, -0.1) is 34.4 Å². The van der Waals surface area contributed by atoms with E-state index in [1.54, 1.807) is 5.38 Å². The highest BCUT2D eigenvalue weighted by Crippen LogP contribution is 2.44. The average Bonchev–Trinajstić information content (AvgIpc) is 3.71. The van der Waals surface area contributed by atoms with Gasteiger partial charge in [-0.05, 0) is 43.2 Å². The third-order valence-corrected chi connectivity index (χ3v) is 12.3. The molecule has 47 heavy (non-hydrogen) atoms. The van der Waals surface area contributed by atoms with Gasteiger partial charge in [0.05, 0.1) is 15.2 Å². The summed E-state index contributed by atoms with van der Waals surface area (Å²) in [5.74, 6) is -2.25. The number of hydrogen-bond donors (Lipinski definition) is 3. The first-order valence-corrected chi connectivity index (χ1v) is 17.9. The van der Waals surface area contributed by atoms with Crippen molar-refractivity contribution in [3.05, 3.63) is 62.6 Å². The summed E-state index contributed by atoms with van der Waals surface area (Å²) in [6.07, 6.45) is 0.249. The van der Waals surface area contributed by atoms with Crippen LogP contribution >= 0.6 is 46.2 Å². The number of anilines is 1. The molecule has 2 aliphatic heterocycles. The van der Waals surface area contributed by atoms with Gasteiger partial charge in [-0.1, -0.05) is 29.1 Å². The summed E-state index contributed by atoms with van der Waals surface area (Å²) in [6, 6.07) is 3.68. The molecule has 3 fully saturated rings. The first-order chi connectivity index (χ1) is 22.4. The third kappa shape index (κ3) is 6.73. The van der Waals surface area contributed by atoms with E-state index in [-0.39, 0.29) is 39.6 Å². The SMILES string of the molecule is Nc1nc(C(=NOC2CCCC2)C(=O)NC2C(=O)N3CC(C=CSc4cc(=O)c5c(C(F)(F)F)cccc5s4)(C(=O)O)CS[C@H]23)cs1. The second-order valence-corrected chi connectivity index (χ2v) is 15.4. The molecule has 11 nitrogen and oxygen atoms in total. The first-order valence-electron chi connectivity index (χ1n) is 14.3. The number of nitrogens with two attached hydrogens (primary N) is 1. The van der Waals surface area contributed by atoms with Crippen molar-refractivity contribution >= 4 is 84.9 Å². The van der Waals surface area contributed by atoms with E-state index in [4.69, 9.17) is 10.6 Å². The van der Waals surface area contributed by atoms with Gasteiger partial charge in [-0.25, -0.2) is 4.98 Å².